The Bertz CT molecular complexity index is 1130. The molecule has 3 aromatic rings. The van der Waals surface area contributed by atoms with E-state index >= 15 is 0 Å². The van der Waals surface area contributed by atoms with Crippen LogP contribution in [-0.2, 0) is 11.3 Å². The van der Waals surface area contributed by atoms with Crippen molar-refractivity contribution in [3.8, 4) is 11.4 Å². The van der Waals surface area contributed by atoms with Crippen molar-refractivity contribution in [3.05, 3.63) is 58.1 Å². The number of aromatic nitrogens is 3. The van der Waals surface area contributed by atoms with Crippen LogP contribution in [0.1, 0.15) is 26.3 Å². The van der Waals surface area contributed by atoms with Crippen molar-refractivity contribution in [1.82, 2.24) is 14.8 Å². The molecule has 10 heteroatoms. The Morgan fingerprint density at radius 2 is 1.82 bits per heavy atom. The maximum atomic E-state index is 12.4. The van der Waals surface area contributed by atoms with Crippen LogP contribution >= 0.6 is 11.8 Å². The van der Waals surface area contributed by atoms with Crippen molar-refractivity contribution in [3.63, 3.8) is 0 Å². The molecule has 0 aliphatic heterocycles. The molecule has 3 rings (SSSR count). The van der Waals surface area contributed by atoms with Crippen LogP contribution in [0.2, 0.25) is 0 Å². The third-order valence-corrected chi connectivity index (χ3v) is 6.28. The molecule has 0 saturated heterocycles. The molecule has 1 amide bonds. The van der Waals surface area contributed by atoms with Crippen molar-refractivity contribution in [2.75, 3.05) is 29.1 Å². The van der Waals surface area contributed by atoms with E-state index in [-0.39, 0.29) is 17.3 Å². The van der Waals surface area contributed by atoms with Gasteiger partial charge in [-0.3, -0.25) is 14.9 Å². The minimum atomic E-state index is -0.459. The average molecular weight is 469 g/mol. The summed E-state index contributed by atoms with van der Waals surface area (Å²) in [4.78, 5) is 25.3. The number of rotatable bonds is 10. The molecule has 9 nitrogen and oxygen atoms in total. The van der Waals surface area contributed by atoms with Gasteiger partial charge in [-0.25, -0.2) is 0 Å². The number of amides is 1. The quantitative estimate of drug-likeness (QED) is 0.260. The Morgan fingerprint density at radius 1 is 1.12 bits per heavy atom. The topological polar surface area (TPSA) is 106 Å². The highest BCUT2D eigenvalue weighted by molar-refractivity contribution is 7.99. The molecule has 1 N–H and O–H groups in total. The fourth-order valence-corrected chi connectivity index (χ4v) is 4.32. The first kappa shape index (κ1) is 24.2. The van der Waals surface area contributed by atoms with Gasteiger partial charge < -0.3 is 14.8 Å². The summed E-state index contributed by atoms with van der Waals surface area (Å²) >= 11 is 1.28. The molecule has 1 aromatic heterocycles. The van der Waals surface area contributed by atoms with Gasteiger partial charge in [0, 0.05) is 48.2 Å². The van der Waals surface area contributed by atoms with Gasteiger partial charge in [0.05, 0.1) is 10.7 Å². The smallest absolute Gasteiger partial charge is 0.274 e. The molecular weight excluding hydrogens is 440 g/mol. The van der Waals surface area contributed by atoms with Gasteiger partial charge >= 0.3 is 0 Å². The Hall–Kier alpha value is -3.40. The monoisotopic (exact) mass is 468 g/mol. The van der Waals surface area contributed by atoms with Crippen LogP contribution in [0.4, 0.5) is 17.1 Å². The molecule has 0 bridgehead atoms. The largest absolute Gasteiger partial charge is 0.372 e. The van der Waals surface area contributed by atoms with Crippen molar-refractivity contribution < 1.29 is 9.72 Å². The molecule has 0 spiro atoms. The standard InChI is InChI=1S/C23H28N6O3S/c1-5-27(6-2)19-12-9-17(10-13-19)22-25-26-23(28(22)7-3)33-15-21(30)24-18-11-8-16(4)20(14-18)29(31)32/h8-14H,5-7,15H2,1-4H3,(H,24,30). The summed E-state index contributed by atoms with van der Waals surface area (Å²) < 4.78 is 1.97. The maximum absolute atomic E-state index is 12.4. The summed E-state index contributed by atoms with van der Waals surface area (Å²) in [6, 6.07) is 12.9. The van der Waals surface area contributed by atoms with Crippen LogP contribution in [0.5, 0.6) is 0 Å². The second kappa shape index (κ2) is 11.0. The Balaban J connectivity index is 1.69. The van der Waals surface area contributed by atoms with Gasteiger partial charge in [-0.1, -0.05) is 17.8 Å². The third-order valence-electron chi connectivity index (χ3n) is 5.31. The number of thioether (sulfide) groups is 1. The Morgan fingerprint density at radius 3 is 2.42 bits per heavy atom. The summed E-state index contributed by atoms with van der Waals surface area (Å²) in [7, 11) is 0. The molecule has 174 valence electrons. The summed E-state index contributed by atoms with van der Waals surface area (Å²) in [5.41, 5.74) is 3.03. The summed E-state index contributed by atoms with van der Waals surface area (Å²) in [5.74, 6) is 0.593. The van der Waals surface area contributed by atoms with E-state index in [1.165, 1.54) is 17.8 Å². The number of hydrogen-bond donors (Lipinski definition) is 1. The van der Waals surface area contributed by atoms with Crippen LogP contribution in [-0.4, -0.2) is 44.4 Å². The molecule has 33 heavy (non-hydrogen) atoms. The van der Waals surface area contributed by atoms with E-state index in [1.807, 2.05) is 23.6 Å². The zero-order chi connectivity index (χ0) is 24.0. The van der Waals surface area contributed by atoms with Crippen molar-refractivity contribution in [2.45, 2.75) is 39.4 Å². The summed E-state index contributed by atoms with van der Waals surface area (Å²) in [6.45, 7) is 10.5. The average Bonchev–Trinajstić information content (AvgIpc) is 3.23. The van der Waals surface area contributed by atoms with Gasteiger partial charge in [0.25, 0.3) is 5.69 Å². The van der Waals surface area contributed by atoms with Gasteiger partial charge in [-0.2, -0.15) is 0 Å². The predicted molar refractivity (Wildman–Crippen MR) is 132 cm³/mol. The number of benzene rings is 2. The minimum absolute atomic E-state index is 0.0252. The second-order valence-corrected chi connectivity index (χ2v) is 8.31. The summed E-state index contributed by atoms with van der Waals surface area (Å²) in [6.07, 6.45) is 0. The normalized spacial score (nSPS) is 10.8. The van der Waals surface area contributed by atoms with Crippen molar-refractivity contribution >= 4 is 34.7 Å². The molecule has 0 aliphatic carbocycles. The highest BCUT2D eigenvalue weighted by Crippen LogP contribution is 2.27. The van der Waals surface area contributed by atoms with E-state index in [9.17, 15) is 14.9 Å². The summed E-state index contributed by atoms with van der Waals surface area (Å²) in [5, 5.41) is 23.1. The van der Waals surface area contributed by atoms with E-state index in [1.54, 1.807) is 19.1 Å². The number of aryl methyl sites for hydroxylation is 1. The van der Waals surface area contributed by atoms with Gasteiger partial charge in [-0.05, 0) is 58.0 Å². The first-order chi connectivity index (χ1) is 15.9. The van der Waals surface area contributed by atoms with Gasteiger partial charge in [0.1, 0.15) is 0 Å². The van der Waals surface area contributed by atoms with Gasteiger partial charge in [0.15, 0.2) is 11.0 Å². The van der Waals surface area contributed by atoms with Crippen molar-refractivity contribution in [1.29, 1.82) is 0 Å². The molecule has 0 unspecified atom stereocenters. The molecule has 0 saturated carbocycles. The first-order valence-corrected chi connectivity index (χ1v) is 11.8. The number of nitro groups is 1. The second-order valence-electron chi connectivity index (χ2n) is 7.36. The fourth-order valence-electron chi connectivity index (χ4n) is 3.52. The Kier molecular flexibility index (Phi) is 8.05. The number of nitrogens with one attached hydrogen (secondary N) is 1. The lowest BCUT2D eigenvalue weighted by Gasteiger charge is -2.21. The van der Waals surface area contributed by atoms with Crippen molar-refractivity contribution in [2.24, 2.45) is 0 Å². The van der Waals surface area contributed by atoms with Crippen LogP contribution < -0.4 is 10.2 Å². The highest BCUT2D eigenvalue weighted by Gasteiger charge is 2.16. The van der Waals surface area contributed by atoms with Crippen LogP contribution in [0.25, 0.3) is 11.4 Å². The van der Waals surface area contributed by atoms with E-state index in [0.29, 0.717) is 23.0 Å². The first-order valence-electron chi connectivity index (χ1n) is 10.8. The maximum Gasteiger partial charge on any atom is 0.274 e. The Labute approximate surface area is 197 Å². The zero-order valence-electron chi connectivity index (χ0n) is 19.2. The van der Waals surface area contributed by atoms with Gasteiger partial charge in [0.2, 0.25) is 5.91 Å². The van der Waals surface area contributed by atoms with E-state index in [0.717, 1.165) is 30.2 Å². The predicted octanol–water partition coefficient (Wildman–Crippen LogP) is 4.76. The zero-order valence-corrected chi connectivity index (χ0v) is 20.1. The number of nitrogens with zero attached hydrogens (tertiary/aromatic N) is 5. The molecule has 1 heterocycles. The molecule has 0 fully saturated rings. The number of hydrogen-bond acceptors (Lipinski definition) is 7. The number of carbonyl (C=O) groups is 1. The lowest BCUT2D eigenvalue weighted by atomic mass is 10.2. The lowest BCUT2D eigenvalue weighted by molar-refractivity contribution is -0.385. The number of anilines is 2. The van der Waals surface area contributed by atoms with E-state index < -0.39 is 4.92 Å². The minimum Gasteiger partial charge on any atom is -0.372 e. The van der Waals surface area contributed by atoms with E-state index in [4.69, 9.17) is 0 Å². The van der Waals surface area contributed by atoms with Crippen LogP contribution in [0, 0.1) is 17.0 Å². The third kappa shape index (κ3) is 5.70. The van der Waals surface area contributed by atoms with E-state index in [2.05, 4.69) is 46.4 Å². The van der Waals surface area contributed by atoms with Gasteiger partial charge in [-0.15, -0.1) is 10.2 Å². The fraction of sp³-hybridized carbons (Fsp3) is 0.348. The molecule has 0 aliphatic rings. The SMILES string of the molecule is CCN(CC)c1ccc(-c2nnc(SCC(=O)Nc3ccc(C)c([N+](=O)[O-])c3)n2CC)cc1. The highest BCUT2D eigenvalue weighted by atomic mass is 32.2. The molecule has 0 radical (unpaired) electrons. The molecule has 2 aromatic carbocycles. The van der Waals surface area contributed by atoms with Crippen LogP contribution in [0.15, 0.2) is 47.6 Å². The number of nitro benzene ring substituents is 1. The molecular formula is C23H28N6O3S. The number of carbonyl (C=O) groups excluding carboxylic acids is 1. The van der Waals surface area contributed by atoms with Crippen LogP contribution in [0.3, 0.4) is 0 Å². The lowest BCUT2D eigenvalue weighted by Crippen LogP contribution is -2.21. The molecule has 0 atom stereocenters.